The second kappa shape index (κ2) is 7.79. The maximum Gasteiger partial charge on any atom is 0.412 e. The van der Waals surface area contributed by atoms with Crippen LogP contribution >= 0.6 is 0 Å². The lowest BCUT2D eigenvalue weighted by Crippen LogP contribution is -2.28. The van der Waals surface area contributed by atoms with E-state index in [0.29, 0.717) is 17.1 Å². The summed E-state index contributed by atoms with van der Waals surface area (Å²) >= 11 is 0. The molecule has 0 bridgehead atoms. The highest BCUT2D eigenvalue weighted by Gasteiger charge is 2.24. The molecule has 8 nitrogen and oxygen atoms in total. The summed E-state index contributed by atoms with van der Waals surface area (Å²) in [6.45, 7) is 5.52. The molecule has 1 fully saturated rings. The number of carbonyl (C=O) groups is 2. The Morgan fingerprint density at radius 1 is 1.29 bits per heavy atom. The van der Waals surface area contributed by atoms with E-state index in [9.17, 15) is 14.7 Å². The molecule has 0 unspecified atom stereocenters. The number of aromatic nitrogens is 2. The highest BCUT2D eigenvalue weighted by atomic mass is 16.6. The second-order valence-corrected chi connectivity index (χ2v) is 8.41. The molecule has 1 saturated carbocycles. The number of primary amides is 1. The third kappa shape index (κ3) is 4.62. The van der Waals surface area contributed by atoms with Crippen LogP contribution in [0.4, 0.5) is 10.5 Å². The van der Waals surface area contributed by atoms with Gasteiger partial charge in [0, 0.05) is 18.2 Å². The van der Waals surface area contributed by atoms with E-state index >= 15 is 0 Å². The van der Waals surface area contributed by atoms with E-state index in [2.05, 4.69) is 10.4 Å². The fourth-order valence-electron chi connectivity index (χ4n) is 3.59. The molecule has 1 aromatic heterocycles. The van der Waals surface area contributed by atoms with Gasteiger partial charge in [-0.2, -0.15) is 5.10 Å². The molecule has 2 amide bonds. The molecule has 0 spiro atoms. The van der Waals surface area contributed by atoms with E-state index in [-0.39, 0.29) is 18.2 Å². The largest absolute Gasteiger partial charge is 0.444 e. The molecule has 0 radical (unpaired) electrons. The summed E-state index contributed by atoms with van der Waals surface area (Å²) in [5.74, 6) is -0.279. The van der Waals surface area contributed by atoms with Gasteiger partial charge in [-0.3, -0.25) is 14.8 Å². The topological polar surface area (TPSA) is 119 Å². The zero-order chi connectivity index (χ0) is 20.5. The normalized spacial score (nSPS) is 20.1. The van der Waals surface area contributed by atoms with E-state index in [4.69, 9.17) is 10.5 Å². The average molecular weight is 388 g/mol. The third-order valence-corrected chi connectivity index (χ3v) is 5.01. The van der Waals surface area contributed by atoms with Crippen molar-refractivity contribution in [3.8, 4) is 0 Å². The van der Waals surface area contributed by atoms with Crippen molar-refractivity contribution in [3.63, 3.8) is 0 Å². The lowest BCUT2D eigenvalue weighted by atomic mass is 9.87. The Bertz CT molecular complexity index is 876. The Morgan fingerprint density at radius 2 is 1.96 bits per heavy atom. The second-order valence-electron chi connectivity index (χ2n) is 8.41. The highest BCUT2D eigenvalue weighted by molar-refractivity contribution is 6.05. The maximum atomic E-state index is 12.1. The number of fused-ring (bicyclic) bond motifs is 1. The summed E-state index contributed by atoms with van der Waals surface area (Å²) in [7, 11) is 0. The summed E-state index contributed by atoms with van der Waals surface area (Å²) < 4.78 is 7.18. The lowest BCUT2D eigenvalue weighted by molar-refractivity contribution is 0.0636. The third-order valence-electron chi connectivity index (χ3n) is 5.01. The Morgan fingerprint density at radius 3 is 2.54 bits per heavy atom. The molecule has 0 aliphatic heterocycles. The molecule has 0 saturated heterocycles. The zero-order valence-electron chi connectivity index (χ0n) is 16.6. The SMILES string of the molecule is CC(C)(C)OC(=O)Nc1cc2cn(C3CCC(CO)CC3)nc2cc1C(N)=O. The van der Waals surface area contributed by atoms with Crippen molar-refractivity contribution in [3.05, 3.63) is 23.9 Å². The van der Waals surface area contributed by atoms with Gasteiger partial charge in [0.2, 0.25) is 0 Å². The molecule has 1 aliphatic carbocycles. The van der Waals surface area contributed by atoms with Gasteiger partial charge in [0.05, 0.1) is 22.8 Å². The van der Waals surface area contributed by atoms with Crippen molar-refractivity contribution in [2.24, 2.45) is 11.7 Å². The molecular formula is C20H28N4O4. The van der Waals surface area contributed by atoms with Gasteiger partial charge in [-0.1, -0.05) is 0 Å². The number of carbonyl (C=O) groups excluding carboxylic acids is 2. The minimum atomic E-state index is -0.653. The van der Waals surface area contributed by atoms with Crippen LogP contribution in [-0.4, -0.2) is 39.1 Å². The number of rotatable bonds is 4. The molecule has 8 heteroatoms. The van der Waals surface area contributed by atoms with E-state index < -0.39 is 17.6 Å². The van der Waals surface area contributed by atoms with Crippen molar-refractivity contribution >= 4 is 28.6 Å². The van der Waals surface area contributed by atoms with Crippen LogP contribution in [0.15, 0.2) is 18.3 Å². The Kier molecular flexibility index (Phi) is 5.60. The van der Waals surface area contributed by atoms with Crippen LogP contribution in [0.3, 0.4) is 0 Å². The molecule has 0 atom stereocenters. The van der Waals surface area contributed by atoms with Gasteiger partial charge >= 0.3 is 6.09 Å². The smallest absolute Gasteiger partial charge is 0.412 e. The van der Waals surface area contributed by atoms with Crippen molar-refractivity contribution in [1.29, 1.82) is 0 Å². The van der Waals surface area contributed by atoms with Crippen molar-refractivity contribution in [2.45, 2.75) is 58.1 Å². The van der Waals surface area contributed by atoms with Gasteiger partial charge in [-0.25, -0.2) is 4.79 Å². The molecule has 1 heterocycles. The van der Waals surface area contributed by atoms with E-state index in [1.54, 1.807) is 32.9 Å². The minimum absolute atomic E-state index is 0.188. The predicted octanol–water partition coefficient (Wildman–Crippen LogP) is 3.21. The number of aliphatic hydroxyl groups is 1. The predicted molar refractivity (Wildman–Crippen MR) is 106 cm³/mol. The van der Waals surface area contributed by atoms with E-state index in [1.807, 2.05) is 10.9 Å². The van der Waals surface area contributed by atoms with Gasteiger partial charge in [0.1, 0.15) is 5.60 Å². The molecule has 4 N–H and O–H groups in total. The van der Waals surface area contributed by atoms with Gasteiger partial charge in [0.25, 0.3) is 5.91 Å². The molecule has 3 rings (SSSR count). The summed E-state index contributed by atoms with van der Waals surface area (Å²) in [5, 5.41) is 17.3. The molecule has 1 aliphatic rings. The number of nitrogens with two attached hydrogens (primary N) is 1. The van der Waals surface area contributed by atoms with Crippen molar-refractivity contribution < 1.29 is 19.4 Å². The number of hydrogen-bond acceptors (Lipinski definition) is 5. The van der Waals surface area contributed by atoms with Crippen LogP contribution in [0.5, 0.6) is 0 Å². The fraction of sp³-hybridized carbons (Fsp3) is 0.550. The minimum Gasteiger partial charge on any atom is -0.444 e. The van der Waals surface area contributed by atoms with Gasteiger partial charge in [-0.05, 0) is 64.5 Å². The first-order valence-electron chi connectivity index (χ1n) is 9.60. The highest BCUT2D eigenvalue weighted by Crippen LogP contribution is 2.33. The standard InChI is InChI=1S/C20H28N4O4/c1-20(2,3)28-19(27)22-17-8-13-10-24(14-6-4-12(11-25)5-7-14)23-16(13)9-15(17)18(21)26/h8-10,12,14,25H,4-7,11H2,1-3H3,(H2,21,26)(H,22,27). The van der Waals surface area contributed by atoms with Gasteiger partial charge < -0.3 is 15.6 Å². The number of benzene rings is 1. The van der Waals surface area contributed by atoms with Crippen LogP contribution in [0.2, 0.25) is 0 Å². The van der Waals surface area contributed by atoms with Crippen LogP contribution in [0.1, 0.15) is 62.9 Å². The number of nitrogens with one attached hydrogen (secondary N) is 1. The van der Waals surface area contributed by atoms with Crippen LogP contribution < -0.4 is 11.1 Å². The van der Waals surface area contributed by atoms with Crippen LogP contribution in [0.25, 0.3) is 10.9 Å². The Labute approximate surface area is 164 Å². The molecule has 28 heavy (non-hydrogen) atoms. The summed E-state index contributed by atoms with van der Waals surface area (Å²) in [4.78, 5) is 24.0. The quantitative estimate of drug-likeness (QED) is 0.743. The molecule has 2 aromatic rings. The van der Waals surface area contributed by atoms with Crippen molar-refractivity contribution in [1.82, 2.24) is 9.78 Å². The number of hydrogen-bond donors (Lipinski definition) is 3. The van der Waals surface area contributed by atoms with Crippen molar-refractivity contribution in [2.75, 3.05) is 11.9 Å². The average Bonchev–Trinajstić information content (AvgIpc) is 3.02. The Hall–Kier alpha value is -2.61. The first kappa shape index (κ1) is 20.1. The first-order chi connectivity index (χ1) is 13.2. The molecular weight excluding hydrogens is 360 g/mol. The molecule has 1 aromatic carbocycles. The van der Waals surface area contributed by atoms with Gasteiger partial charge in [0.15, 0.2) is 0 Å². The zero-order valence-corrected chi connectivity index (χ0v) is 16.6. The van der Waals surface area contributed by atoms with Crippen LogP contribution in [0, 0.1) is 5.92 Å². The van der Waals surface area contributed by atoms with E-state index in [1.165, 1.54) is 0 Å². The monoisotopic (exact) mass is 388 g/mol. The lowest BCUT2D eigenvalue weighted by Gasteiger charge is -2.27. The number of ether oxygens (including phenoxy) is 1. The van der Waals surface area contributed by atoms with Crippen LogP contribution in [-0.2, 0) is 4.74 Å². The first-order valence-corrected chi connectivity index (χ1v) is 9.60. The fourth-order valence-corrected chi connectivity index (χ4v) is 3.59. The number of aliphatic hydroxyl groups excluding tert-OH is 1. The summed E-state index contributed by atoms with van der Waals surface area (Å²) in [6.07, 6.45) is 5.11. The number of nitrogens with zero attached hydrogens (tertiary/aromatic N) is 2. The summed E-state index contributed by atoms with van der Waals surface area (Å²) in [5.41, 5.74) is 5.98. The van der Waals surface area contributed by atoms with Gasteiger partial charge in [-0.15, -0.1) is 0 Å². The van der Waals surface area contributed by atoms with E-state index in [0.717, 1.165) is 31.1 Å². The number of amides is 2. The number of anilines is 1. The Balaban J connectivity index is 1.87. The summed E-state index contributed by atoms with van der Waals surface area (Å²) in [6, 6.07) is 3.55. The molecule has 152 valence electrons. The maximum absolute atomic E-state index is 12.1.